The predicted molar refractivity (Wildman–Crippen MR) is 70.5 cm³/mol. The van der Waals surface area contributed by atoms with E-state index in [2.05, 4.69) is 31.9 Å². The smallest absolute Gasteiger partial charge is 0.255 e. The van der Waals surface area contributed by atoms with Gasteiger partial charge in [0.1, 0.15) is 0 Å². The fourth-order valence-electron chi connectivity index (χ4n) is 1.36. The van der Waals surface area contributed by atoms with E-state index in [-0.39, 0.29) is 12.5 Å². The average molecular weight is 351 g/mol. The van der Waals surface area contributed by atoms with Crippen molar-refractivity contribution >= 4 is 37.8 Å². The Morgan fingerprint density at radius 1 is 1.44 bits per heavy atom. The minimum Gasteiger partial charge on any atom is -0.395 e. The van der Waals surface area contributed by atoms with Gasteiger partial charge in [-0.3, -0.25) is 4.79 Å². The number of aliphatic hydroxyl groups excluding tert-OH is 1. The number of nitrogens with zero attached hydrogens (tertiary/aromatic N) is 1. The highest BCUT2D eigenvalue weighted by atomic mass is 79.9. The van der Waals surface area contributed by atoms with Gasteiger partial charge in [-0.15, -0.1) is 0 Å². The van der Waals surface area contributed by atoms with Crippen molar-refractivity contribution in [3.05, 3.63) is 32.7 Å². The van der Waals surface area contributed by atoms with Crippen molar-refractivity contribution in [3.8, 4) is 0 Å². The number of halogens is 2. The van der Waals surface area contributed by atoms with Crippen LogP contribution < -0.4 is 0 Å². The Labute approximate surface area is 112 Å². The van der Waals surface area contributed by atoms with Crippen LogP contribution in [0.25, 0.3) is 0 Å². The summed E-state index contributed by atoms with van der Waals surface area (Å²) in [5.41, 5.74) is 0.602. The molecule has 0 fully saturated rings. The number of benzene rings is 1. The third-order valence-corrected chi connectivity index (χ3v) is 3.38. The lowest BCUT2D eigenvalue weighted by molar-refractivity contribution is 0.0731. The van der Waals surface area contributed by atoms with Gasteiger partial charge in [0.2, 0.25) is 0 Å². The van der Waals surface area contributed by atoms with Crippen molar-refractivity contribution in [2.45, 2.75) is 6.92 Å². The SMILES string of the molecule is CCN(CCO)C(=O)c1cc(Br)ccc1Br. The molecule has 0 heterocycles. The number of hydrogen-bond acceptors (Lipinski definition) is 2. The van der Waals surface area contributed by atoms with Gasteiger partial charge in [0.05, 0.1) is 12.2 Å². The van der Waals surface area contributed by atoms with Crippen molar-refractivity contribution in [2.75, 3.05) is 19.7 Å². The number of aliphatic hydroxyl groups is 1. The van der Waals surface area contributed by atoms with Gasteiger partial charge in [0.25, 0.3) is 5.91 Å². The van der Waals surface area contributed by atoms with Crippen molar-refractivity contribution in [3.63, 3.8) is 0 Å². The summed E-state index contributed by atoms with van der Waals surface area (Å²) in [5.74, 6) is -0.0790. The molecule has 0 aromatic heterocycles. The second-order valence-corrected chi connectivity index (χ2v) is 5.00. The van der Waals surface area contributed by atoms with Gasteiger partial charge >= 0.3 is 0 Å². The number of rotatable bonds is 4. The van der Waals surface area contributed by atoms with Crippen LogP contribution in [0.3, 0.4) is 0 Å². The molecule has 0 saturated carbocycles. The lowest BCUT2D eigenvalue weighted by atomic mass is 10.2. The highest BCUT2D eigenvalue weighted by Gasteiger charge is 2.16. The molecule has 0 radical (unpaired) electrons. The molecule has 0 spiro atoms. The minimum absolute atomic E-state index is 0.0226. The molecule has 3 nitrogen and oxygen atoms in total. The molecule has 0 unspecified atom stereocenters. The quantitative estimate of drug-likeness (QED) is 0.906. The van der Waals surface area contributed by atoms with E-state index < -0.39 is 0 Å². The second-order valence-electron chi connectivity index (χ2n) is 3.23. The molecule has 1 aromatic carbocycles. The molecule has 1 aromatic rings. The minimum atomic E-state index is -0.0790. The highest BCUT2D eigenvalue weighted by molar-refractivity contribution is 9.11. The van der Waals surface area contributed by atoms with Gasteiger partial charge in [-0.25, -0.2) is 0 Å². The molecule has 16 heavy (non-hydrogen) atoms. The van der Waals surface area contributed by atoms with Crippen LogP contribution in [0.4, 0.5) is 0 Å². The van der Waals surface area contributed by atoms with E-state index in [4.69, 9.17) is 5.11 Å². The van der Waals surface area contributed by atoms with E-state index in [9.17, 15) is 4.79 Å². The van der Waals surface area contributed by atoms with E-state index in [0.717, 1.165) is 8.95 Å². The molecular formula is C11H13Br2NO2. The fraction of sp³-hybridized carbons (Fsp3) is 0.364. The third kappa shape index (κ3) is 3.30. The van der Waals surface area contributed by atoms with Gasteiger partial charge in [-0.2, -0.15) is 0 Å². The summed E-state index contributed by atoms with van der Waals surface area (Å²) in [7, 11) is 0. The lowest BCUT2D eigenvalue weighted by Crippen LogP contribution is -2.33. The lowest BCUT2D eigenvalue weighted by Gasteiger charge is -2.20. The monoisotopic (exact) mass is 349 g/mol. The van der Waals surface area contributed by atoms with Crippen molar-refractivity contribution in [1.29, 1.82) is 0 Å². The first-order chi connectivity index (χ1) is 7.60. The van der Waals surface area contributed by atoms with Gasteiger partial charge in [0.15, 0.2) is 0 Å². The molecule has 1 rings (SSSR count). The number of hydrogen-bond donors (Lipinski definition) is 1. The fourth-order valence-corrected chi connectivity index (χ4v) is 2.13. The molecule has 0 aliphatic rings. The number of amides is 1. The Hall–Kier alpha value is -0.390. The van der Waals surface area contributed by atoms with Gasteiger partial charge < -0.3 is 10.0 Å². The number of likely N-dealkylation sites (N-methyl/N-ethyl adjacent to an activating group) is 1. The second kappa shape index (κ2) is 6.37. The maximum absolute atomic E-state index is 12.1. The third-order valence-electron chi connectivity index (χ3n) is 2.20. The predicted octanol–water partition coefficient (Wildman–Crippen LogP) is 2.67. The van der Waals surface area contributed by atoms with E-state index in [0.29, 0.717) is 18.7 Å². The molecule has 1 N–H and O–H groups in total. The first kappa shape index (κ1) is 13.7. The van der Waals surface area contributed by atoms with Crippen LogP contribution >= 0.6 is 31.9 Å². The normalized spacial score (nSPS) is 10.2. The zero-order valence-electron chi connectivity index (χ0n) is 8.91. The molecule has 1 amide bonds. The Morgan fingerprint density at radius 2 is 2.12 bits per heavy atom. The Balaban J connectivity index is 2.98. The van der Waals surface area contributed by atoms with Crippen LogP contribution in [0.2, 0.25) is 0 Å². The van der Waals surface area contributed by atoms with E-state index >= 15 is 0 Å². The number of carbonyl (C=O) groups excluding carboxylic acids is 1. The van der Waals surface area contributed by atoms with Crippen LogP contribution in [0, 0.1) is 0 Å². The topological polar surface area (TPSA) is 40.5 Å². The summed E-state index contributed by atoms with van der Waals surface area (Å²) in [5, 5.41) is 8.87. The number of carbonyl (C=O) groups is 1. The largest absolute Gasteiger partial charge is 0.395 e. The summed E-state index contributed by atoms with van der Waals surface area (Å²) >= 11 is 6.68. The van der Waals surface area contributed by atoms with Crippen molar-refractivity contribution in [1.82, 2.24) is 4.90 Å². The molecule has 0 aliphatic heterocycles. The molecule has 5 heteroatoms. The maximum atomic E-state index is 12.1. The van der Waals surface area contributed by atoms with E-state index in [1.807, 2.05) is 19.1 Å². The van der Waals surface area contributed by atoms with Crippen molar-refractivity contribution < 1.29 is 9.90 Å². The van der Waals surface area contributed by atoms with Crippen LogP contribution in [0.5, 0.6) is 0 Å². The summed E-state index contributed by atoms with van der Waals surface area (Å²) in [6.45, 7) is 2.80. The molecule has 0 aliphatic carbocycles. The van der Waals surface area contributed by atoms with Crippen LogP contribution in [0.1, 0.15) is 17.3 Å². The van der Waals surface area contributed by atoms with Crippen LogP contribution in [-0.2, 0) is 0 Å². The standard InChI is InChI=1S/C11H13Br2NO2/c1-2-14(5-6-15)11(16)9-7-8(12)3-4-10(9)13/h3-4,7,15H,2,5-6H2,1H3. The average Bonchev–Trinajstić information content (AvgIpc) is 2.28. The zero-order valence-corrected chi connectivity index (χ0v) is 12.1. The van der Waals surface area contributed by atoms with Crippen molar-refractivity contribution in [2.24, 2.45) is 0 Å². The Kier molecular flexibility index (Phi) is 5.44. The Bertz CT molecular complexity index is 382. The summed E-state index contributed by atoms with van der Waals surface area (Å²) < 4.78 is 1.62. The summed E-state index contributed by atoms with van der Waals surface area (Å²) in [4.78, 5) is 13.7. The van der Waals surface area contributed by atoms with E-state index in [1.165, 1.54) is 0 Å². The Morgan fingerprint density at radius 3 is 2.69 bits per heavy atom. The van der Waals surface area contributed by atoms with Gasteiger partial charge in [-0.1, -0.05) is 15.9 Å². The highest BCUT2D eigenvalue weighted by Crippen LogP contribution is 2.22. The summed E-state index contributed by atoms with van der Waals surface area (Å²) in [6.07, 6.45) is 0. The molecular weight excluding hydrogens is 338 g/mol. The first-order valence-corrected chi connectivity index (χ1v) is 6.54. The molecule has 0 saturated heterocycles. The first-order valence-electron chi connectivity index (χ1n) is 4.95. The van der Waals surface area contributed by atoms with Crippen LogP contribution in [0.15, 0.2) is 27.1 Å². The van der Waals surface area contributed by atoms with Gasteiger partial charge in [-0.05, 0) is 41.1 Å². The summed E-state index contributed by atoms with van der Waals surface area (Å²) in [6, 6.07) is 5.46. The van der Waals surface area contributed by atoms with Crippen LogP contribution in [-0.4, -0.2) is 35.6 Å². The maximum Gasteiger partial charge on any atom is 0.255 e. The molecule has 0 atom stereocenters. The molecule has 0 bridgehead atoms. The van der Waals surface area contributed by atoms with E-state index in [1.54, 1.807) is 11.0 Å². The molecule has 88 valence electrons. The zero-order chi connectivity index (χ0) is 12.1. The van der Waals surface area contributed by atoms with Gasteiger partial charge in [0, 0.05) is 22.0 Å².